The molecule has 0 saturated heterocycles. The first-order valence-corrected chi connectivity index (χ1v) is 9.27. The first-order chi connectivity index (χ1) is 14.2. The van der Waals surface area contributed by atoms with E-state index >= 15 is 0 Å². The van der Waals surface area contributed by atoms with Gasteiger partial charge in [-0.15, -0.1) is 0 Å². The van der Waals surface area contributed by atoms with Crippen LogP contribution in [0.3, 0.4) is 0 Å². The number of ether oxygens (including phenoxy) is 1. The standard InChI is InChI=1S/C21H19F3N4O2/c1-21(23,24)12-30-19-18-15(5-7-25-19)11-28(20(18)29)10-14-4-3-13(9-16(14)22)17-6-8-27(2)26-17/h3-9H,10-12H2,1-2H3. The first-order valence-electron chi connectivity index (χ1n) is 9.27. The number of carbonyl (C=O) groups excluding carboxylic acids is 1. The van der Waals surface area contributed by atoms with Gasteiger partial charge >= 0.3 is 0 Å². The van der Waals surface area contributed by atoms with Crippen molar-refractivity contribution in [2.45, 2.75) is 25.9 Å². The van der Waals surface area contributed by atoms with Crippen molar-refractivity contribution < 1.29 is 22.7 Å². The molecule has 0 aliphatic carbocycles. The van der Waals surface area contributed by atoms with Crippen LogP contribution in [0.5, 0.6) is 5.88 Å². The van der Waals surface area contributed by atoms with Crippen LogP contribution < -0.4 is 4.74 Å². The van der Waals surface area contributed by atoms with Gasteiger partial charge in [0, 0.05) is 50.6 Å². The summed E-state index contributed by atoms with van der Waals surface area (Å²) >= 11 is 0. The summed E-state index contributed by atoms with van der Waals surface area (Å²) < 4.78 is 47.7. The lowest BCUT2D eigenvalue weighted by molar-refractivity contribution is -0.0245. The molecular formula is C21H19F3N4O2. The van der Waals surface area contributed by atoms with Crippen molar-refractivity contribution in [3.8, 4) is 17.1 Å². The lowest BCUT2D eigenvalue weighted by Crippen LogP contribution is -2.25. The number of alkyl halides is 2. The number of carbonyl (C=O) groups is 1. The fourth-order valence-electron chi connectivity index (χ4n) is 3.32. The average Bonchev–Trinajstić information content (AvgIpc) is 3.25. The van der Waals surface area contributed by atoms with Gasteiger partial charge in [-0.2, -0.15) is 5.10 Å². The maximum atomic E-state index is 14.7. The second kappa shape index (κ2) is 7.47. The van der Waals surface area contributed by atoms with Gasteiger partial charge in [-0.1, -0.05) is 12.1 Å². The van der Waals surface area contributed by atoms with Crippen LogP contribution in [0.15, 0.2) is 42.7 Å². The zero-order valence-electron chi connectivity index (χ0n) is 16.4. The van der Waals surface area contributed by atoms with Crippen molar-refractivity contribution >= 4 is 5.91 Å². The normalized spacial score (nSPS) is 13.6. The first kappa shape index (κ1) is 19.9. The lowest BCUT2D eigenvalue weighted by atomic mass is 10.1. The number of rotatable bonds is 6. The molecule has 1 aromatic carbocycles. The fourth-order valence-corrected chi connectivity index (χ4v) is 3.32. The molecule has 9 heteroatoms. The van der Waals surface area contributed by atoms with Gasteiger partial charge in [0.05, 0.1) is 5.69 Å². The van der Waals surface area contributed by atoms with Gasteiger partial charge in [0.15, 0.2) is 6.61 Å². The predicted molar refractivity (Wildman–Crippen MR) is 103 cm³/mol. The third-order valence-corrected chi connectivity index (χ3v) is 4.75. The van der Waals surface area contributed by atoms with Gasteiger partial charge < -0.3 is 9.64 Å². The van der Waals surface area contributed by atoms with Gasteiger partial charge in [0.25, 0.3) is 11.8 Å². The van der Waals surface area contributed by atoms with Crippen LogP contribution in [0.1, 0.15) is 28.4 Å². The molecule has 2 aromatic heterocycles. The van der Waals surface area contributed by atoms with E-state index in [0.29, 0.717) is 22.4 Å². The van der Waals surface area contributed by atoms with E-state index in [1.54, 1.807) is 42.2 Å². The highest BCUT2D eigenvalue weighted by atomic mass is 19.3. The molecule has 1 aliphatic rings. The molecule has 0 unspecified atom stereocenters. The van der Waals surface area contributed by atoms with Crippen LogP contribution in [0.4, 0.5) is 13.2 Å². The molecular weight excluding hydrogens is 397 g/mol. The monoisotopic (exact) mass is 416 g/mol. The van der Waals surface area contributed by atoms with Crippen molar-refractivity contribution in [1.82, 2.24) is 19.7 Å². The molecule has 0 fully saturated rings. The van der Waals surface area contributed by atoms with E-state index in [1.165, 1.54) is 17.2 Å². The molecule has 0 N–H and O–H groups in total. The molecule has 0 saturated carbocycles. The molecule has 1 aliphatic heterocycles. The molecule has 4 rings (SSSR count). The van der Waals surface area contributed by atoms with Gasteiger partial charge in [-0.3, -0.25) is 9.48 Å². The number of hydrogen-bond donors (Lipinski definition) is 0. The molecule has 1 amide bonds. The summed E-state index contributed by atoms with van der Waals surface area (Å²) in [5.74, 6) is -4.07. The Balaban J connectivity index is 1.53. The van der Waals surface area contributed by atoms with Crippen molar-refractivity contribution in [3.05, 3.63) is 65.2 Å². The molecule has 6 nitrogen and oxygen atoms in total. The van der Waals surface area contributed by atoms with Crippen LogP contribution in [0, 0.1) is 5.82 Å². The average molecular weight is 416 g/mol. The van der Waals surface area contributed by atoms with Crippen molar-refractivity contribution in [2.24, 2.45) is 7.05 Å². The molecule has 0 radical (unpaired) electrons. The number of aromatic nitrogens is 3. The minimum absolute atomic E-state index is 0.0330. The predicted octanol–water partition coefficient (Wildman–Crippen LogP) is 3.81. The summed E-state index contributed by atoms with van der Waals surface area (Å²) in [5.41, 5.74) is 2.37. The van der Waals surface area contributed by atoms with E-state index in [1.807, 2.05) is 0 Å². The zero-order chi connectivity index (χ0) is 21.5. The number of aryl methyl sites for hydroxylation is 1. The molecule has 0 atom stereocenters. The number of benzene rings is 1. The minimum Gasteiger partial charge on any atom is -0.471 e. The van der Waals surface area contributed by atoms with Crippen LogP contribution in [-0.2, 0) is 20.1 Å². The summed E-state index contributed by atoms with van der Waals surface area (Å²) in [5, 5.41) is 4.25. The van der Waals surface area contributed by atoms with Crippen molar-refractivity contribution in [3.63, 3.8) is 0 Å². The third-order valence-electron chi connectivity index (χ3n) is 4.75. The highest BCUT2D eigenvalue weighted by Crippen LogP contribution is 2.31. The maximum absolute atomic E-state index is 14.7. The lowest BCUT2D eigenvalue weighted by Gasteiger charge is -2.17. The molecule has 0 spiro atoms. The number of fused-ring (bicyclic) bond motifs is 1. The van der Waals surface area contributed by atoms with E-state index in [-0.39, 0.29) is 24.5 Å². The van der Waals surface area contributed by atoms with Gasteiger partial charge in [-0.25, -0.2) is 18.2 Å². The third kappa shape index (κ3) is 4.00. The zero-order valence-corrected chi connectivity index (χ0v) is 16.4. The SMILES string of the molecule is Cn1ccc(-c2ccc(CN3Cc4ccnc(OCC(C)(F)F)c4C3=O)c(F)c2)n1. The van der Waals surface area contributed by atoms with E-state index in [2.05, 4.69) is 10.1 Å². The van der Waals surface area contributed by atoms with Crippen LogP contribution in [0.25, 0.3) is 11.3 Å². The Labute approximate surface area is 170 Å². The van der Waals surface area contributed by atoms with E-state index in [9.17, 15) is 18.0 Å². The molecule has 30 heavy (non-hydrogen) atoms. The number of halogens is 3. The number of pyridine rings is 1. The smallest absolute Gasteiger partial charge is 0.278 e. The maximum Gasteiger partial charge on any atom is 0.278 e. The van der Waals surface area contributed by atoms with Crippen LogP contribution in [-0.4, -0.2) is 38.1 Å². The van der Waals surface area contributed by atoms with Gasteiger partial charge in [0.1, 0.15) is 11.4 Å². The Hall–Kier alpha value is -3.36. The van der Waals surface area contributed by atoms with Crippen molar-refractivity contribution in [2.75, 3.05) is 6.61 Å². The Morgan fingerprint density at radius 2 is 2.03 bits per heavy atom. The molecule has 3 aromatic rings. The molecule has 0 bridgehead atoms. The topological polar surface area (TPSA) is 60.2 Å². The Morgan fingerprint density at radius 1 is 1.23 bits per heavy atom. The van der Waals surface area contributed by atoms with E-state index in [4.69, 9.17) is 4.74 Å². The number of amides is 1. The second-order valence-electron chi connectivity index (χ2n) is 7.35. The highest BCUT2D eigenvalue weighted by Gasteiger charge is 2.33. The number of hydrogen-bond acceptors (Lipinski definition) is 4. The summed E-state index contributed by atoms with van der Waals surface area (Å²) in [6.45, 7) is 0.0945. The summed E-state index contributed by atoms with van der Waals surface area (Å²) in [4.78, 5) is 18.2. The van der Waals surface area contributed by atoms with Crippen LogP contribution >= 0.6 is 0 Å². The van der Waals surface area contributed by atoms with E-state index < -0.39 is 24.3 Å². The second-order valence-corrected chi connectivity index (χ2v) is 7.35. The molecule has 156 valence electrons. The number of nitrogens with zero attached hydrogens (tertiary/aromatic N) is 4. The highest BCUT2D eigenvalue weighted by molar-refractivity contribution is 6.00. The Kier molecular flexibility index (Phi) is 4.97. The molecule has 3 heterocycles. The Bertz CT molecular complexity index is 1110. The summed E-state index contributed by atoms with van der Waals surface area (Å²) in [6, 6.07) is 8.15. The summed E-state index contributed by atoms with van der Waals surface area (Å²) in [6.07, 6.45) is 3.17. The fraction of sp³-hybridized carbons (Fsp3) is 0.286. The van der Waals surface area contributed by atoms with Crippen LogP contribution in [0.2, 0.25) is 0 Å². The minimum atomic E-state index is -3.05. The van der Waals surface area contributed by atoms with Gasteiger partial charge in [0.2, 0.25) is 5.88 Å². The van der Waals surface area contributed by atoms with Crippen molar-refractivity contribution in [1.29, 1.82) is 0 Å². The quantitative estimate of drug-likeness (QED) is 0.613. The Morgan fingerprint density at radius 3 is 2.70 bits per heavy atom. The van der Waals surface area contributed by atoms with Gasteiger partial charge in [-0.05, 0) is 23.8 Å². The summed E-state index contributed by atoms with van der Waals surface area (Å²) in [7, 11) is 1.78. The largest absolute Gasteiger partial charge is 0.471 e. The van der Waals surface area contributed by atoms with E-state index in [0.717, 1.165) is 6.92 Å².